The van der Waals surface area contributed by atoms with Crippen LogP contribution in [0.1, 0.15) is 119 Å². The second-order valence-electron chi connectivity index (χ2n) is 12.6. The first-order valence-electron chi connectivity index (χ1n) is 17.6. The summed E-state index contributed by atoms with van der Waals surface area (Å²) in [5.74, 6) is 0.774. The summed E-state index contributed by atoms with van der Waals surface area (Å²) in [6.45, 7) is 14.6. The van der Waals surface area contributed by atoms with Crippen molar-refractivity contribution in [1.82, 2.24) is 5.32 Å². The molecule has 4 rings (SSSR count). The molecule has 240 valence electrons. The van der Waals surface area contributed by atoms with Crippen molar-refractivity contribution in [3.05, 3.63) is 113 Å². The van der Waals surface area contributed by atoms with E-state index in [1.165, 1.54) is 113 Å². The number of hydrogen-bond acceptors (Lipinski definition) is 3. The number of anilines is 1. The third-order valence-electron chi connectivity index (χ3n) is 9.11. The molecule has 0 atom stereocenters. The molecular weight excluding hydrogens is 534 g/mol. The normalized spacial score (nSPS) is 13.3. The van der Waals surface area contributed by atoms with Crippen molar-refractivity contribution in [2.24, 2.45) is 5.73 Å². The van der Waals surface area contributed by atoms with E-state index in [4.69, 9.17) is 5.73 Å². The molecule has 3 nitrogen and oxygen atoms in total. The zero-order valence-corrected chi connectivity index (χ0v) is 28.3. The van der Waals surface area contributed by atoms with Crippen molar-refractivity contribution in [1.29, 1.82) is 0 Å². The molecule has 3 N–H and O–H groups in total. The van der Waals surface area contributed by atoms with E-state index in [0.29, 0.717) is 6.54 Å². The highest BCUT2D eigenvalue weighted by molar-refractivity contribution is 5.52. The SMILES string of the molecule is C=C(C)N(CCCCCC)c1cccc(CN)c1.CCc1ccccc1CCCCCCc1ccc(C2CCNCC2)cc1. The Morgan fingerprint density at radius 2 is 1.45 bits per heavy atom. The molecule has 1 fully saturated rings. The highest BCUT2D eigenvalue weighted by atomic mass is 15.1. The zero-order valence-electron chi connectivity index (χ0n) is 28.3. The van der Waals surface area contributed by atoms with E-state index in [-0.39, 0.29) is 0 Å². The van der Waals surface area contributed by atoms with Gasteiger partial charge in [0.1, 0.15) is 0 Å². The summed E-state index contributed by atoms with van der Waals surface area (Å²) in [6.07, 6.45) is 16.7. The fourth-order valence-electron chi connectivity index (χ4n) is 6.34. The summed E-state index contributed by atoms with van der Waals surface area (Å²) in [7, 11) is 0. The Labute approximate surface area is 270 Å². The quantitative estimate of drug-likeness (QED) is 0.153. The van der Waals surface area contributed by atoms with Gasteiger partial charge in [-0.1, -0.05) is 113 Å². The van der Waals surface area contributed by atoms with Crippen molar-refractivity contribution < 1.29 is 0 Å². The van der Waals surface area contributed by atoms with Gasteiger partial charge in [-0.05, 0) is 117 Å². The summed E-state index contributed by atoms with van der Waals surface area (Å²) >= 11 is 0. The maximum absolute atomic E-state index is 5.69. The lowest BCUT2D eigenvalue weighted by molar-refractivity contribution is 0.460. The average Bonchev–Trinajstić information content (AvgIpc) is 3.07. The first-order chi connectivity index (χ1) is 21.5. The van der Waals surface area contributed by atoms with Crippen LogP contribution in [-0.2, 0) is 25.8 Å². The summed E-state index contributed by atoms with van der Waals surface area (Å²) in [5, 5.41) is 3.46. The first-order valence-corrected chi connectivity index (χ1v) is 17.6. The number of nitrogens with one attached hydrogen (secondary N) is 1. The van der Waals surface area contributed by atoms with Crippen LogP contribution in [0.4, 0.5) is 5.69 Å². The topological polar surface area (TPSA) is 41.3 Å². The Morgan fingerprint density at radius 1 is 0.773 bits per heavy atom. The Bertz CT molecular complexity index is 1190. The van der Waals surface area contributed by atoms with Gasteiger partial charge in [-0.15, -0.1) is 0 Å². The fourth-order valence-corrected chi connectivity index (χ4v) is 6.34. The van der Waals surface area contributed by atoms with Crippen molar-refractivity contribution in [3.8, 4) is 0 Å². The molecule has 3 aromatic rings. The van der Waals surface area contributed by atoms with Gasteiger partial charge in [0, 0.05) is 24.5 Å². The Morgan fingerprint density at radius 3 is 2.11 bits per heavy atom. The zero-order chi connectivity index (χ0) is 31.4. The second-order valence-corrected chi connectivity index (χ2v) is 12.6. The number of aryl methyl sites for hydroxylation is 3. The second kappa shape index (κ2) is 21.0. The molecule has 1 aliphatic heterocycles. The Hall–Kier alpha value is -2.88. The van der Waals surface area contributed by atoms with Crippen LogP contribution in [0.2, 0.25) is 0 Å². The number of benzene rings is 3. The minimum Gasteiger partial charge on any atom is -0.346 e. The molecule has 0 aliphatic carbocycles. The molecule has 0 saturated carbocycles. The lowest BCUT2D eigenvalue weighted by Gasteiger charge is -2.25. The van der Waals surface area contributed by atoms with Crippen molar-refractivity contribution >= 4 is 5.69 Å². The number of hydrogen-bond donors (Lipinski definition) is 2. The molecule has 0 amide bonds. The number of unbranched alkanes of at least 4 members (excludes halogenated alkanes) is 6. The van der Waals surface area contributed by atoms with Crippen molar-refractivity contribution in [3.63, 3.8) is 0 Å². The number of rotatable bonds is 17. The van der Waals surface area contributed by atoms with E-state index in [0.717, 1.165) is 24.6 Å². The highest BCUT2D eigenvalue weighted by Crippen LogP contribution is 2.26. The number of nitrogens with zero attached hydrogens (tertiary/aromatic N) is 1. The van der Waals surface area contributed by atoms with Gasteiger partial charge in [0.15, 0.2) is 0 Å². The molecule has 44 heavy (non-hydrogen) atoms. The van der Waals surface area contributed by atoms with Gasteiger partial charge >= 0.3 is 0 Å². The lowest BCUT2D eigenvalue weighted by atomic mass is 9.89. The van der Waals surface area contributed by atoms with E-state index in [1.807, 2.05) is 0 Å². The molecule has 0 spiro atoms. The summed E-state index contributed by atoms with van der Waals surface area (Å²) in [5.41, 5.74) is 15.3. The number of piperidine rings is 1. The predicted octanol–water partition coefficient (Wildman–Crippen LogP) is 10.1. The molecule has 0 radical (unpaired) electrons. The number of nitrogens with two attached hydrogens (primary N) is 1. The third-order valence-corrected chi connectivity index (χ3v) is 9.11. The Balaban J connectivity index is 0.000000259. The van der Waals surface area contributed by atoms with Crippen molar-refractivity contribution in [2.45, 2.75) is 117 Å². The third kappa shape index (κ3) is 12.6. The summed E-state index contributed by atoms with van der Waals surface area (Å²) < 4.78 is 0. The van der Waals surface area contributed by atoms with E-state index in [2.05, 4.69) is 110 Å². The van der Waals surface area contributed by atoms with Gasteiger partial charge in [0.25, 0.3) is 0 Å². The molecule has 0 bridgehead atoms. The molecule has 0 unspecified atom stereocenters. The minimum absolute atomic E-state index is 0.591. The van der Waals surface area contributed by atoms with Gasteiger partial charge in [0.2, 0.25) is 0 Å². The average molecular weight is 596 g/mol. The largest absolute Gasteiger partial charge is 0.346 e. The summed E-state index contributed by atoms with van der Waals surface area (Å²) in [6, 6.07) is 26.9. The van der Waals surface area contributed by atoms with Gasteiger partial charge in [0.05, 0.1) is 0 Å². The van der Waals surface area contributed by atoms with Crippen molar-refractivity contribution in [2.75, 3.05) is 24.5 Å². The molecule has 3 heteroatoms. The fraction of sp³-hybridized carbons (Fsp3) is 0.512. The molecule has 3 aromatic carbocycles. The maximum Gasteiger partial charge on any atom is 0.0411 e. The van der Waals surface area contributed by atoms with Gasteiger partial charge in [-0.3, -0.25) is 0 Å². The molecule has 0 aromatic heterocycles. The van der Waals surface area contributed by atoms with E-state index in [1.54, 1.807) is 11.1 Å². The van der Waals surface area contributed by atoms with Crippen LogP contribution >= 0.6 is 0 Å². The van der Waals surface area contributed by atoms with E-state index < -0.39 is 0 Å². The van der Waals surface area contributed by atoms with Crippen LogP contribution in [0.25, 0.3) is 0 Å². The molecule has 1 aliphatic rings. The summed E-state index contributed by atoms with van der Waals surface area (Å²) in [4.78, 5) is 2.29. The molecule has 1 saturated heterocycles. The van der Waals surface area contributed by atoms with E-state index in [9.17, 15) is 0 Å². The molecular formula is C41H61N3. The Kier molecular flexibility index (Phi) is 17.0. The van der Waals surface area contributed by atoms with Gasteiger partial charge in [-0.25, -0.2) is 0 Å². The van der Waals surface area contributed by atoms with E-state index >= 15 is 0 Å². The maximum atomic E-state index is 5.69. The van der Waals surface area contributed by atoms with Crippen LogP contribution in [0.15, 0.2) is 85.1 Å². The van der Waals surface area contributed by atoms with Crippen LogP contribution in [0.3, 0.4) is 0 Å². The van der Waals surface area contributed by atoms with Gasteiger partial charge < -0.3 is 16.0 Å². The minimum atomic E-state index is 0.591. The monoisotopic (exact) mass is 595 g/mol. The smallest absolute Gasteiger partial charge is 0.0411 e. The van der Waals surface area contributed by atoms with Crippen LogP contribution in [0.5, 0.6) is 0 Å². The highest BCUT2D eigenvalue weighted by Gasteiger charge is 2.14. The lowest BCUT2D eigenvalue weighted by Crippen LogP contribution is -2.26. The van der Waals surface area contributed by atoms with Crippen LogP contribution in [0, 0.1) is 0 Å². The van der Waals surface area contributed by atoms with Crippen LogP contribution in [-0.4, -0.2) is 19.6 Å². The molecule has 1 heterocycles. The first kappa shape index (κ1) is 35.6. The standard InChI is InChI=1S/C25H35N.C16H26N2/c1-2-22-10-7-8-12-23(22)11-6-4-3-5-9-21-13-15-24(16-14-21)25-17-19-26-20-18-25;1-4-5-6-7-11-18(14(2)3)16-10-8-9-15(12-16)13-17/h7-8,10,12-16,25-26H,2-6,9,11,17-20H2,1H3;8-10,12H,2,4-7,11,13,17H2,1,3H3. The van der Waals surface area contributed by atoms with Gasteiger partial charge in [-0.2, -0.15) is 0 Å². The predicted molar refractivity (Wildman–Crippen MR) is 194 cm³/mol. The van der Waals surface area contributed by atoms with Crippen LogP contribution < -0.4 is 16.0 Å². The number of allylic oxidation sites excluding steroid dienone is 1.